The summed E-state index contributed by atoms with van der Waals surface area (Å²) in [5, 5.41) is 0. The van der Waals surface area contributed by atoms with Gasteiger partial charge in [0.25, 0.3) is 0 Å². The summed E-state index contributed by atoms with van der Waals surface area (Å²) in [5.74, 6) is -1.56. The third-order valence-electron chi connectivity index (χ3n) is 3.52. The minimum absolute atomic E-state index is 0.0602. The molecule has 0 bridgehead atoms. The lowest BCUT2D eigenvalue weighted by atomic mass is 9.93. The molecule has 0 fully saturated rings. The molecule has 22 heavy (non-hydrogen) atoms. The first-order valence-corrected chi connectivity index (χ1v) is 6.57. The molecule has 1 aromatic carbocycles. The van der Waals surface area contributed by atoms with Crippen LogP contribution in [0.5, 0.6) is 0 Å². The monoisotopic (exact) mass is 301 g/mol. The second kappa shape index (κ2) is 5.22. The largest absolute Gasteiger partial charge is 0.465 e. The summed E-state index contributed by atoms with van der Waals surface area (Å²) in [7, 11) is 1.25. The Bertz CT molecular complexity index is 784. The van der Waals surface area contributed by atoms with E-state index in [4.69, 9.17) is 9.47 Å². The van der Waals surface area contributed by atoms with Crippen LogP contribution in [-0.2, 0) is 16.1 Å². The summed E-state index contributed by atoms with van der Waals surface area (Å²) in [5.41, 5.74) is 2.22. The number of halogens is 1. The van der Waals surface area contributed by atoms with Gasteiger partial charge in [-0.3, -0.25) is 4.98 Å². The van der Waals surface area contributed by atoms with Gasteiger partial charge in [-0.25, -0.2) is 14.0 Å². The SMILES string of the molecule is COC(=O)c1c(C)nc2c(c1-c1ccc(F)cc1)C(=O)OC2. The van der Waals surface area contributed by atoms with Crippen LogP contribution in [-0.4, -0.2) is 24.0 Å². The number of benzene rings is 1. The van der Waals surface area contributed by atoms with Crippen molar-refractivity contribution in [2.24, 2.45) is 0 Å². The molecule has 5 nitrogen and oxygen atoms in total. The highest BCUT2D eigenvalue weighted by atomic mass is 19.1. The quantitative estimate of drug-likeness (QED) is 0.798. The Hall–Kier alpha value is -2.76. The first kappa shape index (κ1) is 14.2. The Labute approximate surface area is 125 Å². The summed E-state index contributed by atoms with van der Waals surface area (Å²) in [6, 6.07) is 5.53. The maximum atomic E-state index is 13.2. The normalized spacial score (nSPS) is 12.8. The molecule has 0 aliphatic carbocycles. The topological polar surface area (TPSA) is 65.5 Å². The van der Waals surface area contributed by atoms with Crippen LogP contribution >= 0.6 is 0 Å². The van der Waals surface area contributed by atoms with E-state index in [1.165, 1.54) is 31.4 Å². The van der Waals surface area contributed by atoms with Crippen LogP contribution in [0.15, 0.2) is 24.3 Å². The Morgan fingerprint density at radius 3 is 2.59 bits per heavy atom. The number of rotatable bonds is 2. The molecule has 3 rings (SSSR count). The molecular weight excluding hydrogens is 289 g/mol. The van der Waals surface area contributed by atoms with Gasteiger partial charge in [-0.2, -0.15) is 0 Å². The molecule has 0 radical (unpaired) electrons. The number of nitrogens with zero attached hydrogens (tertiary/aromatic N) is 1. The van der Waals surface area contributed by atoms with Gasteiger partial charge in [-0.05, 0) is 24.6 Å². The number of aromatic nitrogens is 1. The second-order valence-electron chi connectivity index (χ2n) is 4.84. The van der Waals surface area contributed by atoms with Crippen molar-refractivity contribution in [3.63, 3.8) is 0 Å². The number of aryl methyl sites for hydroxylation is 1. The first-order chi connectivity index (χ1) is 10.5. The number of fused-ring (bicyclic) bond motifs is 1. The van der Waals surface area contributed by atoms with E-state index in [9.17, 15) is 14.0 Å². The molecule has 0 amide bonds. The zero-order valence-electron chi connectivity index (χ0n) is 12.0. The third kappa shape index (κ3) is 2.13. The van der Waals surface area contributed by atoms with E-state index in [0.29, 0.717) is 22.5 Å². The summed E-state index contributed by atoms with van der Waals surface area (Å²) in [6.45, 7) is 1.72. The summed E-state index contributed by atoms with van der Waals surface area (Å²) >= 11 is 0. The van der Waals surface area contributed by atoms with Gasteiger partial charge in [-0.15, -0.1) is 0 Å². The smallest absolute Gasteiger partial charge is 0.341 e. The molecule has 6 heteroatoms. The van der Waals surface area contributed by atoms with Crippen molar-refractivity contribution in [3.8, 4) is 11.1 Å². The van der Waals surface area contributed by atoms with E-state index < -0.39 is 17.8 Å². The molecule has 0 saturated carbocycles. The van der Waals surface area contributed by atoms with Crippen molar-refractivity contribution in [2.45, 2.75) is 13.5 Å². The molecule has 112 valence electrons. The predicted octanol–water partition coefficient (Wildman–Crippen LogP) is 2.65. The van der Waals surface area contributed by atoms with E-state index in [2.05, 4.69) is 4.98 Å². The molecule has 0 unspecified atom stereocenters. The molecular formula is C16H12FNO4. The van der Waals surface area contributed by atoms with Crippen LogP contribution in [0.4, 0.5) is 4.39 Å². The number of methoxy groups -OCH3 is 1. The number of ether oxygens (including phenoxy) is 2. The second-order valence-corrected chi connectivity index (χ2v) is 4.84. The molecule has 0 N–H and O–H groups in total. The average molecular weight is 301 g/mol. The van der Waals surface area contributed by atoms with Crippen molar-refractivity contribution < 1.29 is 23.5 Å². The molecule has 2 heterocycles. The summed E-state index contributed by atoms with van der Waals surface area (Å²) < 4.78 is 23.0. The molecule has 1 aliphatic rings. The van der Waals surface area contributed by atoms with Crippen LogP contribution in [0.3, 0.4) is 0 Å². The van der Waals surface area contributed by atoms with Gasteiger partial charge < -0.3 is 9.47 Å². The van der Waals surface area contributed by atoms with Crippen molar-refractivity contribution >= 4 is 11.9 Å². The highest BCUT2D eigenvalue weighted by Gasteiger charge is 2.32. The highest BCUT2D eigenvalue weighted by Crippen LogP contribution is 2.35. The van der Waals surface area contributed by atoms with Crippen molar-refractivity contribution in [1.29, 1.82) is 0 Å². The van der Waals surface area contributed by atoms with E-state index in [-0.39, 0.29) is 17.7 Å². The Morgan fingerprint density at radius 1 is 1.27 bits per heavy atom. The van der Waals surface area contributed by atoms with Gasteiger partial charge in [0.05, 0.1) is 29.6 Å². The van der Waals surface area contributed by atoms with E-state index >= 15 is 0 Å². The number of cyclic esters (lactones) is 1. The van der Waals surface area contributed by atoms with Gasteiger partial charge in [0.1, 0.15) is 12.4 Å². The van der Waals surface area contributed by atoms with Crippen LogP contribution < -0.4 is 0 Å². The molecule has 1 aliphatic heterocycles. The molecule has 0 spiro atoms. The molecule has 1 aromatic heterocycles. The fourth-order valence-electron chi connectivity index (χ4n) is 2.55. The Kier molecular flexibility index (Phi) is 3.36. The predicted molar refractivity (Wildman–Crippen MR) is 74.8 cm³/mol. The number of hydrogen-bond donors (Lipinski definition) is 0. The lowest BCUT2D eigenvalue weighted by Crippen LogP contribution is -2.12. The lowest BCUT2D eigenvalue weighted by Gasteiger charge is -2.13. The maximum Gasteiger partial charge on any atom is 0.341 e. The summed E-state index contributed by atoms with van der Waals surface area (Å²) in [6.07, 6.45) is 0. The highest BCUT2D eigenvalue weighted by molar-refractivity contribution is 6.08. The number of hydrogen-bond acceptors (Lipinski definition) is 5. The van der Waals surface area contributed by atoms with E-state index in [1.54, 1.807) is 6.92 Å². The Balaban J connectivity index is 2.36. The van der Waals surface area contributed by atoms with Gasteiger partial charge in [0.2, 0.25) is 0 Å². The number of carbonyl (C=O) groups is 2. The fraction of sp³-hybridized carbons (Fsp3) is 0.188. The average Bonchev–Trinajstić information content (AvgIpc) is 2.87. The molecule has 0 saturated heterocycles. The zero-order chi connectivity index (χ0) is 15.9. The molecule has 2 aromatic rings. The van der Waals surface area contributed by atoms with Gasteiger partial charge in [-0.1, -0.05) is 12.1 Å². The standard InChI is InChI=1S/C16H12FNO4/c1-8-12(15(19)21-2)13(9-3-5-10(17)6-4-9)14-11(18-8)7-22-16(14)20/h3-6H,7H2,1-2H3. The number of pyridine rings is 1. The van der Waals surface area contributed by atoms with Crippen LogP contribution in [0, 0.1) is 12.7 Å². The van der Waals surface area contributed by atoms with E-state index in [1.807, 2.05) is 0 Å². The number of esters is 2. The van der Waals surface area contributed by atoms with Gasteiger partial charge >= 0.3 is 11.9 Å². The van der Waals surface area contributed by atoms with Crippen molar-refractivity contribution in [2.75, 3.05) is 7.11 Å². The van der Waals surface area contributed by atoms with Gasteiger partial charge in [0.15, 0.2) is 0 Å². The van der Waals surface area contributed by atoms with Crippen LogP contribution in [0.1, 0.15) is 32.1 Å². The Morgan fingerprint density at radius 2 is 1.95 bits per heavy atom. The van der Waals surface area contributed by atoms with Crippen LogP contribution in [0.25, 0.3) is 11.1 Å². The maximum absolute atomic E-state index is 13.2. The molecule has 0 atom stereocenters. The minimum Gasteiger partial charge on any atom is -0.465 e. The number of carbonyl (C=O) groups excluding carboxylic acids is 2. The lowest BCUT2D eigenvalue weighted by molar-refractivity contribution is 0.0533. The first-order valence-electron chi connectivity index (χ1n) is 6.57. The van der Waals surface area contributed by atoms with Crippen molar-refractivity contribution in [3.05, 3.63) is 52.6 Å². The van der Waals surface area contributed by atoms with Crippen LogP contribution in [0.2, 0.25) is 0 Å². The zero-order valence-corrected chi connectivity index (χ0v) is 12.0. The van der Waals surface area contributed by atoms with Gasteiger partial charge in [0, 0.05) is 5.56 Å². The summed E-state index contributed by atoms with van der Waals surface area (Å²) in [4.78, 5) is 28.4. The fourth-order valence-corrected chi connectivity index (χ4v) is 2.55. The van der Waals surface area contributed by atoms with E-state index in [0.717, 1.165) is 0 Å². The third-order valence-corrected chi connectivity index (χ3v) is 3.52. The minimum atomic E-state index is -0.605. The van der Waals surface area contributed by atoms with Crippen molar-refractivity contribution in [1.82, 2.24) is 4.98 Å².